The Morgan fingerprint density at radius 1 is 1.16 bits per heavy atom. The first-order valence-electron chi connectivity index (χ1n) is 7.15. The summed E-state index contributed by atoms with van der Waals surface area (Å²) in [6, 6.07) is 10.6. The third kappa shape index (κ3) is 10.0. The fourth-order valence-corrected chi connectivity index (χ4v) is 1.51. The number of allylic oxidation sites excluding steroid dienone is 4. The van der Waals surface area contributed by atoms with Gasteiger partial charge >= 0.3 is 0 Å². The first-order valence-corrected chi connectivity index (χ1v) is 7.15. The molecule has 0 radical (unpaired) electrons. The lowest BCUT2D eigenvalue weighted by atomic mass is 10.1. The smallest absolute Gasteiger partial charge is 0.0246 e. The first-order chi connectivity index (χ1) is 9.28. The van der Waals surface area contributed by atoms with Crippen LogP contribution in [0.15, 0.2) is 54.1 Å². The van der Waals surface area contributed by atoms with Crippen molar-refractivity contribution in [3.63, 3.8) is 0 Å². The van der Waals surface area contributed by atoms with Crippen LogP contribution in [-0.4, -0.2) is 6.21 Å². The molecule has 104 valence electrons. The molecule has 1 N–H and O–H groups in total. The molecule has 0 aromatic heterocycles. The predicted molar refractivity (Wildman–Crippen MR) is 87.0 cm³/mol. The van der Waals surface area contributed by atoms with Gasteiger partial charge in [-0.05, 0) is 37.3 Å². The molecule has 1 rings (SSSR count). The number of aryl methyl sites for hydroxylation is 1. The van der Waals surface area contributed by atoms with Crippen LogP contribution < -0.4 is 0 Å². The number of hydrogen-bond acceptors (Lipinski definition) is 1. The van der Waals surface area contributed by atoms with E-state index in [1.807, 2.05) is 25.2 Å². The van der Waals surface area contributed by atoms with Gasteiger partial charge in [0.05, 0.1) is 0 Å². The van der Waals surface area contributed by atoms with Gasteiger partial charge in [0, 0.05) is 6.21 Å². The fraction of sp³-hybridized carbons (Fsp3) is 0.389. The van der Waals surface area contributed by atoms with Crippen LogP contribution in [0.4, 0.5) is 0 Å². The van der Waals surface area contributed by atoms with Crippen molar-refractivity contribution in [3.8, 4) is 0 Å². The van der Waals surface area contributed by atoms with Gasteiger partial charge in [0.1, 0.15) is 0 Å². The van der Waals surface area contributed by atoms with E-state index in [0.717, 1.165) is 12.0 Å². The summed E-state index contributed by atoms with van der Waals surface area (Å²) in [4.78, 5) is 0. The molecule has 0 unspecified atom stereocenters. The summed E-state index contributed by atoms with van der Waals surface area (Å²) in [5.74, 6) is 0. The molecule has 0 saturated heterocycles. The third-order valence-electron chi connectivity index (χ3n) is 2.71. The third-order valence-corrected chi connectivity index (χ3v) is 2.71. The lowest BCUT2D eigenvalue weighted by molar-refractivity contribution is 0.795. The summed E-state index contributed by atoms with van der Waals surface area (Å²) in [5.41, 5.74) is 2.43. The van der Waals surface area contributed by atoms with Crippen LogP contribution in [0.25, 0.3) is 0 Å². The maximum Gasteiger partial charge on any atom is 0.0246 e. The highest BCUT2D eigenvalue weighted by Gasteiger charge is 1.87. The van der Waals surface area contributed by atoms with E-state index in [2.05, 4.69) is 44.2 Å². The molecular weight excluding hydrogens is 230 g/mol. The van der Waals surface area contributed by atoms with Crippen molar-refractivity contribution in [3.05, 3.63) is 59.7 Å². The molecule has 1 aromatic rings. The molecule has 0 heterocycles. The Morgan fingerprint density at radius 2 is 1.84 bits per heavy atom. The molecule has 0 bridgehead atoms. The summed E-state index contributed by atoms with van der Waals surface area (Å²) in [7, 11) is 0. The number of benzene rings is 1. The Hall–Kier alpha value is -1.63. The van der Waals surface area contributed by atoms with Crippen molar-refractivity contribution in [2.24, 2.45) is 0 Å². The fourth-order valence-electron chi connectivity index (χ4n) is 1.51. The van der Waals surface area contributed by atoms with E-state index in [4.69, 9.17) is 5.41 Å². The second-order valence-electron chi connectivity index (χ2n) is 4.33. The van der Waals surface area contributed by atoms with Crippen LogP contribution >= 0.6 is 0 Å². The summed E-state index contributed by atoms with van der Waals surface area (Å²) < 4.78 is 0. The van der Waals surface area contributed by atoms with Gasteiger partial charge in [-0.15, -0.1) is 0 Å². The van der Waals surface area contributed by atoms with Crippen LogP contribution in [0.2, 0.25) is 0 Å². The predicted octanol–water partition coefficient (Wildman–Crippen LogP) is 5.58. The van der Waals surface area contributed by atoms with Crippen LogP contribution in [0.5, 0.6) is 0 Å². The van der Waals surface area contributed by atoms with Gasteiger partial charge < -0.3 is 5.41 Å². The van der Waals surface area contributed by atoms with E-state index in [0.29, 0.717) is 0 Å². The van der Waals surface area contributed by atoms with Crippen LogP contribution in [-0.2, 0) is 6.42 Å². The Morgan fingerprint density at radius 3 is 2.32 bits per heavy atom. The topological polar surface area (TPSA) is 23.9 Å². The van der Waals surface area contributed by atoms with Gasteiger partial charge in [0.25, 0.3) is 0 Å². The molecule has 0 aliphatic heterocycles. The summed E-state index contributed by atoms with van der Waals surface area (Å²) in [5, 5.41) is 6.89. The van der Waals surface area contributed by atoms with Gasteiger partial charge in [-0.2, -0.15) is 0 Å². The van der Waals surface area contributed by atoms with Crippen molar-refractivity contribution in [1.82, 2.24) is 0 Å². The Kier molecular flexibility index (Phi) is 11.7. The van der Waals surface area contributed by atoms with E-state index < -0.39 is 0 Å². The normalized spacial score (nSPS) is 11.0. The van der Waals surface area contributed by atoms with Gasteiger partial charge in [-0.25, -0.2) is 0 Å². The quantitative estimate of drug-likeness (QED) is 0.508. The van der Waals surface area contributed by atoms with Gasteiger partial charge in [0.15, 0.2) is 0 Å². The van der Waals surface area contributed by atoms with Crippen molar-refractivity contribution < 1.29 is 0 Å². The van der Waals surface area contributed by atoms with Crippen LogP contribution in [0.1, 0.15) is 45.6 Å². The van der Waals surface area contributed by atoms with Crippen LogP contribution in [0, 0.1) is 5.41 Å². The highest BCUT2D eigenvalue weighted by Crippen LogP contribution is 2.03. The van der Waals surface area contributed by atoms with E-state index in [9.17, 15) is 0 Å². The first kappa shape index (κ1) is 17.4. The zero-order valence-corrected chi connectivity index (χ0v) is 12.5. The molecule has 0 aliphatic carbocycles. The van der Waals surface area contributed by atoms with Gasteiger partial charge in [-0.1, -0.05) is 68.8 Å². The molecular formula is C18H27N. The molecule has 1 heteroatoms. The highest BCUT2D eigenvalue weighted by atomic mass is 14.3. The maximum atomic E-state index is 6.89. The number of rotatable bonds is 6. The average molecular weight is 257 g/mol. The number of nitrogens with one attached hydrogen (secondary N) is 1. The maximum absolute atomic E-state index is 6.89. The zero-order valence-electron chi connectivity index (χ0n) is 12.5. The Balaban J connectivity index is 0.000000344. The minimum absolute atomic E-state index is 0.969. The van der Waals surface area contributed by atoms with E-state index >= 15 is 0 Å². The summed E-state index contributed by atoms with van der Waals surface area (Å²) >= 11 is 0. The standard InChI is InChI=1S/C10H14.C8H13N/c1-2-3-7-10-8-5-4-6-9-10;1-3-5-6-8(4-2)7-9/h4-6,8-9H,2-3,7H2,1H3;4-7,9H,3H2,1-2H3/b;6-5?,8-4-,9-7?. The molecule has 0 amide bonds. The van der Waals surface area contributed by atoms with Crippen molar-refractivity contribution in [2.45, 2.75) is 46.5 Å². The monoisotopic (exact) mass is 257 g/mol. The SMILES string of the molecule is C/C=C(\C=N)C=CCC.CCCCc1ccccc1. The molecule has 0 saturated carbocycles. The van der Waals surface area contributed by atoms with Crippen molar-refractivity contribution in [2.75, 3.05) is 0 Å². The molecule has 0 spiro atoms. The lowest BCUT2D eigenvalue weighted by Gasteiger charge is -1.96. The lowest BCUT2D eigenvalue weighted by Crippen LogP contribution is -1.81. The Bertz CT molecular complexity index is 374. The molecule has 1 nitrogen and oxygen atoms in total. The average Bonchev–Trinajstić information content (AvgIpc) is 2.48. The minimum Gasteiger partial charge on any atom is -0.308 e. The Labute approximate surface area is 118 Å². The summed E-state index contributed by atoms with van der Waals surface area (Å²) in [6.07, 6.45) is 12.1. The molecule has 0 aliphatic rings. The number of unbranched alkanes of at least 4 members (excludes halogenated alkanes) is 1. The van der Waals surface area contributed by atoms with Gasteiger partial charge in [0.2, 0.25) is 0 Å². The van der Waals surface area contributed by atoms with Crippen molar-refractivity contribution in [1.29, 1.82) is 5.41 Å². The summed E-state index contributed by atoms with van der Waals surface area (Å²) in [6.45, 7) is 6.23. The highest BCUT2D eigenvalue weighted by molar-refractivity contribution is 5.79. The van der Waals surface area contributed by atoms with Crippen LogP contribution in [0.3, 0.4) is 0 Å². The molecule has 19 heavy (non-hydrogen) atoms. The largest absolute Gasteiger partial charge is 0.308 e. The van der Waals surface area contributed by atoms with E-state index in [-0.39, 0.29) is 0 Å². The zero-order chi connectivity index (χ0) is 14.3. The van der Waals surface area contributed by atoms with Gasteiger partial charge in [-0.3, -0.25) is 0 Å². The molecule has 0 atom stereocenters. The number of hydrogen-bond donors (Lipinski definition) is 1. The minimum atomic E-state index is 0.969. The van der Waals surface area contributed by atoms with Crippen molar-refractivity contribution >= 4 is 6.21 Å². The molecule has 1 aromatic carbocycles. The van der Waals surface area contributed by atoms with E-state index in [1.165, 1.54) is 31.0 Å². The van der Waals surface area contributed by atoms with E-state index in [1.54, 1.807) is 0 Å². The second kappa shape index (κ2) is 12.8. The molecule has 0 fully saturated rings. The second-order valence-corrected chi connectivity index (χ2v) is 4.33.